The fourth-order valence-electron chi connectivity index (χ4n) is 2.77. The lowest BCUT2D eigenvalue weighted by molar-refractivity contribution is -0.120. The third-order valence-corrected chi connectivity index (χ3v) is 4.07. The standard InChI is InChI=1S/C18H27NO3/c1-21-16-10-8-15(9-11-16)14-18(20)19-12-5-13-22-17-6-3-2-4-7-17/h8-11,17H,2-7,12-14H2,1H3,(H,19,20). The maximum Gasteiger partial charge on any atom is 0.224 e. The van der Waals surface area contributed by atoms with Gasteiger partial charge in [0.25, 0.3) is 0 Å². The fourth-order valence-corrected chi connectivity index (χ4v) is 2.77. The van der Waals surface area contributed by atoms with Crippen molar-refractivity contribution in [3.63, 3.8) is 0 Å². The third-order valence-electron chi connectivity index (χ3n) is 4.07. The van der Waals surface area contributed by atoms with Gasteiger partial charge in [-0.2, -0.15) is 0 Å². The number of carbonyl (C=O) groups is 1. The van der Waals surface area contributed by atoms with E-state index in [4.69, 9.17) is 9.47 Å². The molecule has 22 heavy (non-hydrogen) atoms. The molecule has 2 rings (SSSR count). The smallest absolute Gasteiger partial charge is 0.224 e. The molecule has 1 aromatic carbocycles. The molecule has 1 aromatic rings. The van der Waals surface area contributed by atoms with E-state index >= 15 is 0 Å². The molecule has 1 N–H and O–H groups in total. The van der Waals surface area contributed by atoms with E-state index < -0.39 is 0 Å². The van der Waals surface area contributed by atoms with Crippen molar-refractivity contribution in [2.45, 2.75) is 51.0 Å². The minimum Gasteiger partial charge on any atom is -0.497 e. The zero-order chi connectivity index (χ0) is 15.6. The summed E-state index contributed by atoms with van der Waals surface area (Å²) in [6.45, 7) is 1.43. The lowest BCUT2D eigenvalue weighted by Crippen LogP contribution is -2.27. The van der Waals surface area contributed by atoms with Crippen LogP contribution in [0.15, 0.2) is 24.3 Å². The minimum absolute atomic E-state index is 0.0582. The van der Waals surface area contributed by atoms with Gasteiger partial charge in [-0.05, 0) is 37.0 Å². The number of rotatable bonds is 8. The molecule has 0 heterocycles. The SMILES string of the molecule is COc1ccc(CC(=O)NCCCOC2CCCCC2)cc1. The van der Waals surface area contributed by atoms with Crippen molar-refractivity contribution in [1.29, 1.82) is 0 Å². The lowest BCUT2D eigenvalue weighted by Gasteiger charge is -2.21. The lowest BCUT2D eigenvalue weighted by atomic mass is 9.98. The molecule has 0 saturated heterocycles. The molecule has 0 unspecified atom stereocenters. The molecular formula is C18H27NO3. The Bertz CT molecular complexity index is 438. The molecular weight excluding hydrogens is 278 g/mol. The number of hydrogen-bond donors (Lipinski definition) is 1. The Hall–Kier alpha value is -1.55. The largest absolute Gasteiger partial charge is 0.497 e. The van der Waals surface area contributed by atoms with Crippen LogP contribution in [-0.4, -0.2) is 32.3 Å². The van der Waals surface area contributed by atoms with Gasteiger partial charge >= 0.3 is 0 Å². The van der Waals surface area contributed by atoms with E-state index in [9.17, 15) is 4.79 Å². The molecule has 122 valence electrons. The summed E-state index contributed by atoms with van der Waals surface area (Å²) in [5.41, 5.74) is 0.997. The first-order valence-electron chi connectivity index (χ1n) is 8.29. The van der Waals surface area contributed by atoms with Crippen LogP contribution in [0.1, 0.15) is 44.1 Å². The van der Waals surface area contributed by atoms with Crippen LogP contribution in [-0.2, 0) is 16.0 Å². The van der Waals surface area contributed by atoms with Crippen LogP contribution in [0.2, 0.25) is 0 Å². The van der Waals surface area contributed by atoms with Gasteiger partial charge in [-0.1, -0.05) is 31.4 Å². The minimum atomic E-state index is 0.0582. The Balaban J connectivity index is 1.55. The molecule has 4 heteroatoms. The molecule has 1 aliphatic carbocycles. The van der Waals surface area contributed by atoms with E-state index in [1.807, 2.05) is 24.3 Å². The Morgan fingerprint density at radius 2 is 1.91 bits per heavy atom. The highest BCUT2D eigenvalue weighted by Gasteiger charge is 2.13. The molecule has 0 bridgehead atoms. The van der Waals surface area contributed by atoms with Crippen LogP contribution in [0, 0.1) is 0 Å². The molecule has 0 aromatic heterocycles. The summed E-state index contributed by atoms with van der Waals surface area (Å²) in [5.74, 6) is 0.867. The van der Waals surface area contributed by atoms with Crippen LogP contribution in [0.3, 0.4) is 0 Å². The van der Waals surface area contributed by atoms with Gasteiger partial charge in [0.2, 0.25) is 5.91 Å². The van der Waals surface area contributed by atoms with Crippen LogP contribution in [0.4, 0.5) is 0 Å². The van der Waals surface area contributed by atoms with E-state index in [0.717, 1.165) is 24.3 Å². The molecule has 1 fully saturated rings. The summed E-state index contributed by atoms with van der Waals surface area (Å²) in [4.78, 5) is 11.8. The average Bonchev–Trinajstić information content (AvgIpc) is 2.56. The molecule has 4 nitrogen and oxygen atoms in total. The fraction of sp³-hybridized carbons (Fsp3) is 0.611. The van der Waals surface area contributed by atoms with E-state index in [1.165, 1.54) is 32.1 Å². The zero-order valence-corrected chi connectivity index (χ0v) is 13.5. The summed E-state index contributed by atoms with van der Waals surface area (Å²) < 4.78 is 10.9. The van der Waals surface area contributed by atoms with Gasteiger partial charge in [-0.15, -0.1) is 0 Å². The van der Waals surface area contributed by atoms with Crippen molar-refractivity contribution >= 4 is 5.91 Å². The van der Waals surface area contributed by atoms with E-state index in [0.29, 0.717) is 19.1 Å². The molecule has 0 atom stereocenters. The molecule has 1 amide bonds. The summed E-state index contributed by atoms with van der Waals surface area (Å²) in [6, 6.07) is 7.59. The zero-order valence-electron chi connectivity index (χ0n) is 13.5. The predicted molar refractivity (Wildman–Crippen MR) is 87.1 cm³/mol. The average molecular weight is 305 g/mol. The second-order valence-electron chi connectivity index (χ2n) is 5.86. The first-order chi connectivity index (χ1) is 10.8. The van der Waals surface area contributed by atoms with E-state index in [1.54, 1.807) is 7.11 Å². The van der Waals surface area contributed by atoms with Crippen molar-refractivity contribution in [3.8, 4) is 5.75 Å². The number of ether oxygens (including phenoxy) is 2. The highest BCUT2D eigenvalue weighted by atomic mass is 16.5. The van der Waals surface area contributed by atoms with Gasteiger partial charge in [-0.25, -0.2) is 0 Å². The predicted octanol–water partition coefficient (Wildman–Crippen LogP) is 3.09. The highest BCUT2D eigenvalue weighted by Crippen LogP contribution is 2.20. The van der Waals surface area contributed by atoms with Crippen molar-refractivity contribution in [1.82, 2.24) is 5.32 Å². The van der Waals surface area contributed by atoms with Crippen LogP contribution >= 0.6 is 0 Å². The second kappa shape index (κ2) is 9.46. The van der Waals surface area contributed by atoms with E-state index in [-0.39, 0.29) is 5.91 Å². The molecule has 0 radical (unpaired) electrons. The molecule has 1 saturated carbocycles. The molecule has 0 aliphatic heterocycles. The first kappa shape index (κ1) is 16.8. The second-order valence-corrected chi connectivity index (χ2v) is 5.86. The monoisotopic (exact) mass is 305 g/mol. The first-order valence-corrected chi connectivity index (χ1v) is 8.29. The normalized spacial score (nSPS) is 15.5. The number of amides is 1. The summed E-state index contributed by atoms with van der Waals surface area (Å²) in [6.07, 6.45) is 8.07. The number of methoxy groups -OCH3 is 1. The Kier molecular flexibility index (Phi) is 7.23. The van der Waals surface area contributed by atoms with Crippen molar-refractivity contribution < 1.29 is 14.3 Å². The Morgan fingerprint density at radius 1 is 1.18 bits per heavy atom. The number of nitrogens with one attached hydrogen (secondary N) is 1. The van der Waals surface area contributed by atoms with Crippen LogP contribution in [0.25, 0.3) is 0 Å². The maximum absolute atomic E-state index is 11.8. The van der Waals surface area contributed by atoms with Crippen molar-refractivity contribution in [3.05, 3.63) is 29.8 Å². The van der Waals surface area contributed by atoms with Gasteiger partial charge in [0.1, 0.15) is 5.75 Å². The van der Waals surface area contributed by atoms with Crippen LogP contribution < -0.4 is 10.1 Å². The van der Waals surface area contributed by atoms with E-state index in [2.05, 4.69) is 5.32 Å². The summed E-state index contributed by atoms with van der Waals surface area (Å²) >= 11 is 0. The molecule has 0 spiro atoms. The quantitative estimate of drug-likeness (QED) is 0.751. The molecule has 1 aliphatic rings. The third kappa shape index (κ3) is 6.06. The van der Waals surface area contributed by atoms with Crippen molar-refractivity contribution in [2.75, 3.05) is 20.3 Å². The van der Waals surface area contributed by atoms with Gasteiger partial charge in [0, 0.05) is 13.2 Å². The Labute approximate surface area is 133 Å². The van der Waals surface area contributed by atoms with Crippen molar-refractivity contribution in [2.24, 2.45) is 0 Å². The van der Waals surface area contributed by atoms with Gasteiger partial charge in [0.15, 0.2) is 0 Å². The van der Waals surface area contributed by atoms with Gasteiger partial charge in [0.05, 0.1) is 19.6 Å². The number of benzene rings is 1. The highest BCUT2D eigenvalue weighted by molar-refractivity contribution is 5.78. The number of carbonyl (C=O) groups excluding carboxylic acids is 1. The van der Waals surface area contributed by atoms with Gasteiger partial charge < -0.3 is 14.8 Å². The Morgan fingerprint density at radius 3 is 2.59 bits per heavy atom. The van der Waals surface area contributed by atoms with Crippen LogP contribution in [0.5, 0.6) is 5.75 Å². The topological polar surface area (TPSA) is 47.6 Å². The number of hydrogen-bond acceptors (Lipinski definition) is 3. The maximum atomic E-state index is 11.8. The summed E-state index contributed by atoms with van der Waals surface area (Å²) in [7, 11) is 1.64. The van der Waals surface area contributed by atoms with Gasteiger partial charge in [-0.3, -0.25) is 4.79 Å². The summed E-state index contributed by atoms with van der Waals surface area (Å²) in [5, 5.41) is 2.95.